The lowest BCUT2D eigenvalue weighted by molar-refractivity contribution is 0.558. The molecule has 1 aromatic rings. The predicted molar refractivity (Wildman–Crippen MR) is 70.0 cm³/mol. The van der Waals surface area contributed by atoms with Gasteiger partial charge in [-0.3, -0.25) is 0 Å². The zero-order valence-corrected chi connectivity index (χ0v) is 10.7. The Hall–Kier alpha value is -0.180. The SMILES string of the molecule is CC(CCCl)NCCSc1ccccc1. The first-order valence-corrected chi connectivity index (χ1v) is 6.82. The summed E-state index contributed by atoms with van der Waals surface area (Å²) in [6.45, 7) is 3.22. The molecule has 1 nitrogen and oxygen atoms in total. The minimum Gasteiger partial charge on any atom is -0.313 e. The molecule has 0 heterocycles. The summed E-state index contributed by atoms with van der Waals surface area (Å²) < 4.78 is 0. The minimum absolute atomic E-state index is 0.527. The molecule has 1 rings (SSSR count). The van der Waals surface area contributed by atoms with Crippen LogP contribution < -0.4 is 5.32 Å². The fourth-order valence-electron chi connectivity index (χ4n) is 1.26. The highest BCUT2D eigenvalue weighted by Gasteiger charge is 1.99. The van der Waals surface area contributed by atoms with Crippen LogP contribution in [-0.4, -0.2) is 24.2 Å². The van der Waals surface area contributed by atoms with E-state index in [1.807, 2.05) is 17.8 Å². The lowest BCUT2D eigenvalue weighted by atomic mass is 10.3. The first kappa shape index (κ1) is 12.9. The summed E-state index contributed by atoms with van der Waals surface area (Å²) in [5.41, 5.74) is 0. The van der Waals surface area contributed by atoms with Crippen molar-refractivity contribution in [3.05, 3.63) is 30.3 Å². The zero-order chi connectivity index (χ0) is 10.9. The summed E-state index contributed by atoms with van der Waals surface area (Å²) in [6.07, 6.45) is 1.04. The maximum Gasteiger partial charge on any atom is 0.0238 e. The molecule has 0 aromatic heterocycles. The van der Waals surface area contributed by atoms with Crippen molar-refractivity contribution >= 4 is 23.4 Å². The molecule has 0 spiro atoms. The van der Waals surface area contributed by atoms with Gasteiger partial charge >= 0.3 is 0 Å². The van der Waals surface area contributed by atoms with Crippen LogP contribution in [0, 0.1) is 0 Å². The molecule has 3 heteroatoms. The van der Waals surface area contributed by atoms with Crippen LogP contribution in [0.1, 0.15) is 13.3 Å². The number of benzene rings is 1. The predicted octanol–water partition coefficient (Wildman–Crippen LogP) is 3.39. The molecule has 0 aliphatic heterocycles. The topological polar surface area (TPSA) is 12.0 Å². The smallest absolute Gasteiger partial charge is 0.0238 e. The van der Waals surface area contributed by atoms with E-state index in [9.17, 15) is 0 Å². The Balaban J connectivity index is 2.07. The van der Waals surface area contributed by atoms with Gasteiger partial charge in [0.25, 0.3) is 0 Å². The Bertz CT molecular complexity index is 253. The summed E-state index contributed by atoms with van der Waals surface area (Å²) in [4.78, 5) is 1.34. The van der Waals surface area contributed by atoms with Crippen LogP contribution in [0.25, 0.3) is 0 Å². The van der Waals surface area contributed by atoms with E-state index in [1.54, 1.807) is 0 Å². The average molecular weight is 244 g/mol. The Morgan fingerprint density at radius 2 is 2.07 bits per heavy atom. The first-order valence-electron chi connectivity index (χ1n) is 5.30. The van der Waals surface area contributed by atoms with Gasteiger partial charge in [0.1, 0.15) is 0 Å². The van der Waals surface area contributed by atoms with E-state index < -0.39 is 0 Å². The average Bonchev–Trinajstić information content (AvgIpc) is 2.26. The molecule has 15 heavy (non-hydrogen) atoms. The van der Waals surface area contributed by atoms with Crippen molar-refractivity contribution in [2.45, 2.75) is 24.3 Å². The number of hydrogen-bond acceptors (Lipinski definition) is 2. The third kappa shape index (κ3) is 6.08. The summed E-state index contributed by atoms with van der Waals surface area (Å²) in [7, 11) is 0. The van der Waals surface area contributed by atoms with Gasteiger partial charge in [-0.25, -0.2) is 0 Å². The molecule has 0 amide bonds. The van der Waals surface area contributed by atoms with Crippen molar-refractivity contribution in [2.75, 3.05) is 18.2 Å². The number of rotatable bonds is 7. The van der Waals surface area contributed by atoms with Crippen LogP contribution in [-0.2, 0) is 0 Å². The molecule has 0 aliphatic carbocycles. The molecule has 1 aromatic carbocycles. The van der Waals surface area contributed by atoms with Gasteiger partial charge in [0, 0.05) is 29.1 Å². The highest BCUT2D eigenvalue weighted by Crippen LogP contribution is 2.15. The van der Waals surface area contributed by atoms with Crippen LogP contribution >= 0.6 is 23.4 Å². The number of nitrogens with one attached hydrogen (secondary N) is 1. The largest absolute Gasteiger partial charge is 0.313 e. The van der Waals surface area contributed by atoms with Crippen LogP contribution in [0.5, 0.6) is 0 Å². The minimum atomic E-state index is 0.527. The summed E-state index contributed by atoms with van der Waals surface area (Å²) >= 11 is 7.54. The van der Waals surface area contributed by atoms with Gasteiger partial charge in [0.15, 0.2) is 0 Å². The monoisotopic (exact) mass is 243 g/mol. The molecular formula is C12H18ClNS. The van der Waals surface area contributed by atoms with Crippen LogP contribution in [0.4, 0.5) is 0 Å². The van der Waals surface area contributed by atoms with E-state index in [4.69, 9.17) is 11.6 Å². The molecule has 0 aliphatic rings. The molecular weight excluding hydrogens is 226 g/mol. The Morgan fingerprint density at radius 3 is 2.73 bits per heavy atom. The van der Waals surface area contributed by atoms with E-state index in [0.717, 1.165) is 24.6 Å². The second-order valence-electron chi connectivity index (χ2n) is 3.49. The van der Waals surface area contributed by atoms with E-state index in [1.165, 1.54) is 4.90 Å². The summed E-state index contributed by atoms with van der Waals surface area (Å²) in [5, 5.41) is 3.45. The molecule has 1 atom stereocenters. The van der Waals surface area contributed by atoms with Crippen molar-refractivity contribution in [1.29, 1.82) is 0 Å². The standard InChI is InChI=1S/C12H18ClNS/c1-11(7-8-13)14-9-10-15-12-5-3-2-4-6-12/h2-6,11,14H,7-10H2,1H3. The van der Waals surface area contributed by atoms with E-state index in [0.29, 0.717) is 6.04 Å². The Labute approximate surface area is 102 Å². The van der Waals surface area contributed by atoms with Crippen molar-refractivity contribution in [3.8, 4) is 0 Å². The highest BCUT2D eigenvalue weighted by atomic mass is 35.5. The summed E-state index contributed by atoms with van der Waals surface area (Å²) in [6, 6.07) is 11.0. The Kier molecular flexibility index (Phi) is 6.90. The third-order valence-corrected chi connectivity index (χ3v) is 3.38. The van der Waals surface area contributed by atoms with Crippen molar-refractivity contribution < 1.29 is 0 Å². The van der Waals surface area contributed by atoms with Crippen molar-refractivity contribution in [2.24, 2.45) is 0 Å². The quantitative estimate of drug-likeness (QED) is 0.448. The lowest BCUT2D eigenvalue weighted by Crippen LogP contribution is -2.28. The first-order chi connectivity index (χ1) is 7.33. The van der Waals surface area contributed by atoms with Gasteiger partial charge in [-0.05, 0) is 25.5 Å². The van der Waals surface area contributed by atoms with Gasteiger partial charge in [-0.2, -0.15) is 0 Å². The highest BCUT2D eigenvalue weighted by molar-refractivity contribution is 7.99. The van der Waals surface area contributed by atoms with Crippen LogP contribution in [0.3, 0.4) is 0 Å². The van der Waals surface area contributed by atoms with Gasteiger partial charge in [-0.1, -0.05) is 18.2 Å². The number of hydrogen-bond donors (Lipinski definition) is 1. The van der Waals surface area contributed by atoms with Gasteiger partial charge in [0.2, 0.25) is 0 Å². The second kappa shape index (κ2) is 8.03. The van der Waals surface area contributed by atoms with Crippen LogP contribution in [0.2, 0.25) is 0 Å². The molecule has 0 radical (unpaired) electrons. The number of thioether (sulfide) groups is 1. The molecule has 1 unspecified atom stereocenters. The van der Waals surface area contributed by atoms with E-state index >= 15 is 0 Å². The fraction of sp³-hybridized carbons (Fsp3) is 0.500. The van der Waals surface area contributed by atoms with Gasteiger partial charge in [0.05, 0.1) is 0 Å². The van der Waals surface area contributed by atoms with E-state index in [2.05, 4.69) is 36.5 Å². The van der Waals surface area contributed by atoms with E-state index in [-0.39, 0.29) is 0 Å². The molecule has 0 saturated heterocycles. The third-order valence-electron chi connectivity index (χ3n) is 2.15. The molecule has 0 bridgehead atoms. The van der Waals surface area contributed by atoms with Gasteiger partial charge in [-0.15, -0.1) is 23.4 Å². The fourth-order valence-corrected chi connectivity index (χ4v) is 2.39. The van der Waals surface area contributed by atoms with Gasteiger partial charge < -0.3 is 5.32 Å². The number of alkyl halides is 1. The van der Waals surface area contributed by atoms with Crippen molar-refractivity contribution in [1.82, 2.24) is 5.32 Å². The molecule has 0 fully saturated rings. The maximum atomic E-state index is 5.66. The molecule has 84 valence electrons. The molecule has 1 N–H and O–H groups in total. The van der Waals surface area contributed by atoms with Crippen LogP contribution in [0.15, 0.2) is 35.2 Å². The van der Waals surface area contributed by atoms with Crippen molar-refractivity contribution in [3.63, 3.8) is 0 Å². The Morgan fingerprint density at radius 1 is 1.33 bits per heavy atom. The molecule has 0 saturated carbocycles. The second-order valence-corrected chi connectivity index (χ2v) is 5.04. The zero-order valence-electron chi connectivity index (χ0n) is 9.08. The lowest BCUT2D eigenvalue weighted by Gasteiger charge is -2.11. The summed E-state index contributed by atoms with van der Waals surface area (Å²) in [5.74, 6) is 1.84. The number of halogens is 1. The maximum absolute atomic E-state index is 5.66. The normalized spacial score (nSPS) is 12.7.